The van der Waals surface area contributed by atoms with Crippen molar-refractivity contribution in [3.8, 4) is 0 Å². The number of thiophene rings is 1. The van der Waals surface area contributed by atoms with Crippen molar-refractivity contribution in [1.29, 1.82) is 0 Å². The maximum Gasteiger partial charge on any atom is 0.0931 e. The van der Waals surface area contributed by atoms with Crippen LogP contribution < -0.4 is 5.73 Å². The zero-order valence-electron chi connectivity index (χ0n) is 9.78. The van der Waals surface area contributed by atoms with E-state index in [9.17, 15) is 0 Å². The van der Waals surface area contributed by atoms with Crippen LogP contribution in [-0.2, 0) is 11.3 Å². The maximum atomic E-state index is 5.88. The van der Waals surface area contributed by atoms with Crippen molar-refractivity contribution in [2.24, 2.45) is 5.73 Å². The molecular weight excluding hydrogens is 244 g/mol. The number of hydrogen-bond acceptors (Lipinski definition) is 4. The zero-order chi connectivity index (χ0) is 12.0. The fraction of sp³-hybridized carbons (Fsp3) is 0.636. The third-order valence-electron chi connectivity index (χ3n) is 2.24. The van der Waals surface area contributed by atoms with Gasteiger partial charge in [-0.05, 0) is 26.1 Å². The fourth-order valence-electron chi connectivity index (χ4n) is 1.55. The van der Waals surface area contributed by atoms with Gasteiger partial charge in [0.15, 0.2) is 0 Å². The van der Waals surface area contributed by atoms with Crippen LogP contribution >= 0.6 is 22.9 Å². The van der Waals surface area contributed by atoms with Gasteiger partial charge in [-0.15, -0.1) is 11.3 Å². The summed E-state index contributed by atoms with van der Waals surface area (Å²) in [6, 6.07) is 3.99. The maximum absolute atomic E-state index is 5.88. The van der Waals surface area contributed by atoms with Gasteiger partial charge in [-0.1, -0.05) is 11.6 Å². The van der Waals surface area contributed by atoms with E-state index >= 15 is 0 Å². The second kappa shape index (κ2) is 7.25. The molecule has 1 atom stereocenters. The molecule has 0 saturated carbocycles. The Labute approximate surface area is 106 Å². The van der Waals surface area contributed by atoms with Gasteiger partial charge in [-0.25, -0.2) is 0 Å². The van der Waals surface area contributed by atoms with Crippen LogP contribution in [0.4, 0.5) is 0 Å². The number of halogens is 1. The molecule has 0 aliphatic carbocycles. The van der Waals surface area contributed by atoms with Crippen LogP contribution in [0.25, 0.3) is 0 Å². The van der Waals surface area contributed by atoms with Gasteiger partial charge in [0.05, 0.1) is 10.4 Å². The molecule has 5 heteroatoms. The minimum absolute atomic E-state index is 0.116. The Morgan fingerprint density at radius 2 is 2.31 bits per heavy atom. The van der Waals surface area contributed by atoms with Crippen molar-refractivity contribution in [3.05, 3.63) is 21.3 Å². The Hall–Kier alpha value is -0.130. The van der Waals surface area contributed by atoms with Crippen LogP contribution in [0, 0.1) is 0 Å². The molecule has 0 aliphatic rings. The van der Waals surface area contributed by atoms with E-state index in [4.69, 9.17) is 22.1 Å². The van der Waals surface area contributed by atoms with E-state index < -0.39 is 0 Å². The molecule has 0 spiro atoms. The average Bonchev–Trinajstić information content (AvgIpc) is 2.63. The quantitative estimate of drug-likeness (QED) is 0.819. The summed E-state index contributed by atoms with van der Waals surface area (Å²) in [4.78, 5) is 3.47. The lowest BCUT2D eigenvalue weighted by atomic mass is 10.3. The molecule has 0 radical (unpaired) electrons. The topological polar surface area (TPSA) is 38.5 Å². The molecule has 1 heterocycles. The molecule has 1 rings (SSSR count). The second-order valence-electron chi connectivity index (χ2n) is 3.72. The Morgan fingerprint density at radius 3 is 2.81 bits per heavy atom. The van der Waals surface area contributed by atoms with E-state index in [0.717, 1.165) is 17.4 Å². The van der Waals surface area contributed by atoms with Gasteiger partial charge in [0, 0.05) is 31.1 Å². The Balaban J connectivity index is 2.37. The minimum Gasteiger partial charge on any atom is -0.376 e. The fourth-order valence-corrected chi connectivity index (χ4v) is 2.71. The summed E-state index contributed by atoms with van der Waals surface area (Å²) in [6.07, 6.45) is 0.116. The minimum atomic E-state index is 0.116. The number of nitrogens with zero attached hydrogens (tertiary/aromatic N) is 1. The third-order valence-corrected chi connectivity index (χ3v) is 3.45. The molecule has 3 nitrogen and oxygen atoms in total. The molecule has 1 unspecified atom stereocenters. The monoisotopic (exact) mass is 262 g/mol. The van der Waals surface area contributed by atoms with Crippen LogP contribution in [0.2, 0.25) is 4.34 Å². The highest BCUT2D eigenvalue weighted by molar-refractivity contribution is 7.16. The first kappa shape index (κ1) is 13.9. The van der Waals surface area contributed by atoms with Crippen LogP contribution in [0.5, 0.6) is 0 Å². The van der Waals surface area contributed by atoms with E-state index in [0.29, 0.717) is 13.2 Å². The van der Waals surface area contributed by atoms with Crippen molar-refractivity contribution in [3.63, 3.8) is 0 Å². The summed E-state index contributed by atoms with van der Waals surface area (Å²) >= 11 is 7.50. The van der Waals surface area contributed by atoms with E-state index in [2.05, 4.69) is 18.0 Å². The molecule has 0 amide bonds. The van der Waals surface area contributed by atoms with E-state index in [-0.39, 0.29) is 6.10 Å². The Kier molecular flexibility index (Phi) is 6.31. The SMILES string of the molecule is CCOC(CN)CN(C)Cc1ccc(Cl)s1. The van der Waals surface area contributed by atoms with Crippen molar-refractivity contribution < 1.29 is 4.74 Å². The number of hydrogen-bond donors (Lipinski definition) is 1. The zero-order valence-corrected chi connectivity index (χ0v) is 11.4. The molecule has 0 aromatic carbocycles. The molecule has 0 fully saturated rings. The summed E-state index contributed by atoms with van der Waals surface area (Å²) < 4.78 is 6.35. The second-order valence-corrected chi connectivity index (χ2v) is 5.52. The van der Waals surface area contributed by atoms with Crippen LogP contribution in [0.1, 0.15) is 11.8 Å². The molecule has 92 valence electrons. The molecule has 0 aliphatic heterocycles. The van der Waals surface area contributed by atoms with Gasteiger partial charge in [0.2, 0.25) is 0 Å². The predicted molar refractivity (Wildman–Crippen MR) is 70.1 cm³/mol. The van der Waals surface area contributed by atoms with Gasteiger partial charge in [-0.3, -0.25) is 4.90 Å². The van der Waals surface area contributed by atoms with Crippen LogP contribution in [0.15, 0.2) is 12.1 Å². The normalized spacial score (nSPS) is 13.3. The summed E-state index contributed by atoms with van der Waals surface area (Å²) in [5, 5.41) is 0. The van der Waals surface area contributed by atoms with Gasteiger partial charge >= 0.3 is 0 Å². The van der Waals surface area contributed by atoms with Gasteiger partial charge in [0.25, 0.3) is 0 Å². The standard InChI is InChI=1S/C11H19ClN2OS/c1-3-15-9(6-13)7-14(2)8-10-4-5-11(12)16-10/h4-5,9H,3,6-8,13H2,1-2H3. The van der Waals surface area contributed by atoms with Crippen molar-refractivity contribution in [2.75, 3.05) is 26.7 Å². The molecule has 1 aromatic heterocycles. The van der Waals surface area contributed by atoms with Gasteiger partial charge in [0.1, 0.15) is 0 Å². The van der Waals surface area contributed by atoms with E-state index in [1.54, 1.807) is 11.3 Å². The van der Waals surface area contributed by atoms with Gasteiger partial charge in [-0.2, -0.15) is 0 Å². The first-order valence-electron chi connectivity index (χ1n) is 5.40. The highest BCUT2D eigenvalue weighted by atomic mass is 35.5. The lowest BCUT2D eigenvalue weighted by molar-refractivity contribution is 0.0439. The molecule has 16 heavy (non-hydrogen) atoms. The summed E-state index contributed by atoms with van der Waals surface area (Å²) in [5.41, 5.74) is 5.63. The highest BCUT2D eigenvalue weighted by Gasteiger charge is 2.10. The summed E-state index contributed by atoms with van der Waals surface area (Å²) in [7, 11) is 2.06. The molecule has 0 saturated heterocycles. The van der Waals surface area contributed by atoms with Crippen LogP contribution in [-0.4, -0.2) is 37.7 Å². The summed E-state index contributed by atoms with van der Waals surface area (Å²) in [6.45, 7) is 4.99. The highest BCUT2D eigenvalue weighted by Crippen LogP contribution is 2.22. The molecule has 1 aromatic rings. The molecular formula is C11H19ClN2OS. The number of ether oxygens (including phenoxy) is 1. The smallest absolute Gasteiger partial charge is 0.0931 e. The average molecular weight is 263 g/mol. The van der Waals surface area contributed by atoms with Gasteiger partial charge < -0.3 is 10.5 Å². The molecule has 0 bridgehead atoms. The van der Waals surface area contributed by atoms with Crippen molar-refractivity contribution >= 4 is 22.9 Å². The Morgan fingerprint density at radius 1 is 1.56 bits per heavy atom. The molecule has 2 N–H and O–H groups in total. The lowest BCUT2D eigenvalue weighted by Gasteiger charge is -2.22. The van der Waals surface area contributed by atoms with Crippen molar-refractivity contribution in [1.82, 2.24) is 4.90 Å². The first-order valence-corrected chi connectivity index (χ1v) is 6.59. The number of rotatable bonds is 7. The third kappa shape index (κ3) is 4.80. The van der Waals surface area contributed by atoms with E-state index in [1.165, 1.54) is 4.88 Å². The Bertz CT molecular complexity index is 306. The number of likely N-dealkylation sites (N-methyl/N-ethyl adjacent to an activating group) is 1. The van der Waals surface area contributed by atoms with Crippen LogP contribution in [0.3, 0.4) is 0 Å². The number of nitrogens with two attached hydrogens (primary N) is 1. The first-order chi connectivity index (χ1) is 7.65. The van der Waals surface area contributed by atoms with Crippen molar-refractivity contribution in [2.45, 2.75) is 19.6 Å². The summed E-state index contributed by atoms with van der Waals surface area (Å²) in [5.74, 6) is 0. The van der Waals surface area contributed by atoms with E-state index in [1.807, 2.05) is 13.0 Å². The predicted octanol–water partition coefficient (Wildman–Crippen LogP) is 2.20. The largest absolute Gasteiger partial charge is 0.376 e. The lowest BCUT2D eigenvalue weighted by Crippen LogP contribution is -2.35.